The molecule has 0 aromatic rings. The van der Waals surface area contributed by atoms with E-state index in [1.165, 1.54) is 0 Å². The molecule has 0 aliphatic heterocycles. The van der Waals surface area contributed by atoms with Gasteiger partial charge in [0, 0.05) is 21.8 Å². The van der Waals surface area contributed by atoms with Gasteiger partial charge in [0.2, 0.25) is 0 Å². The van der Waals surface area contributed by atoms with Crippen molar-refractivity contribution in [2.45, 2.75) is 45.8 Å². The van der Waals surface area contributed by atoms with Crippen LogP contribution in [0.5, 0.6) is 0 Å². The fraction of sp³-hybridized carbons (Fsp3) is 0.909. The molecule has 0 N–H and O–H groups in total. The molecule has 4 heteroatoms. The molecule has 0 aromatic heterocycles. The SMILES string of the molecule is CCOC(=O)CC(C)S(=O)CC(C)CC. The summed E-state index contributed by atoms with van der Waals surface area (Å²) in [4.78, 5) is 11.2. The lowest BCUT2D eigenvalue weighted by Gasteiger charge is -2.13. The van der Waals surface area contributed by atoms with Gasteiger partial charge in [0.1, 0.15) is 0 Å². The van der Waals surface area contributed by atoms with Crippen LogP contribution < -0.4 is 0 Å². The quantitative estimate of drug-likeness (QED) is 0.634. The van der Waals surface area contributed by atoms with Gasteiger partial charge >= 0.3 is 5.97 Å². The van der Waals surface area contributed by atoms with Gasteiger partial charge in [0.05, 0.1) is 13.0 Å². The Kier molecular flexibility index (Phi) is 7.65. The first-order valence-corrected chi connectivity index (χ1v) is 6.92. The zero-order chi connectivity index (χ0) is 11.8. The summed E-state index contributed by atoms with van der Waals surface area (Å²) in [5.74, 6) is 0.884. The molecule has 0 saturated heterocycles. The van der Waals surface area contributed by atoms with E-state index >= 15 is 0 Å². The van der Waals surface area contributed by atoms with Crippen LogP contribution in [0.1, 0.15) is 40.5 Å². The Labute approximate surface area is 95.0 Å². The van der Waals surface area contributed by atoms with Crippen molar-refractivity contribution < 1.29 is 13.7 Å². The molecule has 3 unspecified atom stereocenters. The fourth-order valence-corrected chi connectivity index (χ4v) is 2.56. The average molecular weight is 234 g/mol. The van der Waals surface area contributed by atoms with Crippen LogP contribution in [0.25, 0.3) is 0 Å². The Bertz CT molecular complexity index is 216. The van der Waals surface area contributed by atoms with Crippen molar-refractivity contribution in [1.29, 1.82) is 0 Å². The van der Waals surface area contributed by atoms with Crippen LogP contribution >= 0.6 is 0 Å². The number of hydrogen-bond acceptors (Lipinski definition) is 3. The molecule has 90 valence electrons. The van der Waals surface area contributed by atoms with E-state index in [2.05, 4.69) is 13.8 Å². The van der Waals surface area contributed by atoms with E-state index in [4.69, 9.17) is 4.74 Å². The van der Waals surface area contributed by atoms with Crippen molar-refractivity contribution in [2.75, 3.05) is 12.4 Å². The van der Waals surface area contributed by atoms with Gasteiger partial charge in [-0.3, -0.25) is 9.00 Å². The molecule has 0 aliphatic carbocycles. The van der Waals surface area contributed by atoms with E-state index in [0.29, 0.717) is 18.3 Å². The van der Waals surface area contributed by atoms with Crippen LogP contribution in [-0.2, 0) is 20.3 Å². The predicted molar refractivity (Wildman–Crippen MR) is 63.2 cm³/mol. The molecule has 0 spiro atoms. The summed E-state index contributed by atoms with van der Waals surface area (Å²) >= 11 is 0. The Balaban J connectivity index is 3.93. The van der Waals surface area contributed by atoms with Crippen molar-refractivity contribution in [3.05, 3.63) is 0 Å². The minimum Gasteiger partial charge on any atom is -0.466 e. The molecule has 0 bridgehead atoms. The Morgan fingerprint density at radius 1 is 1.33 bits per heavy atom. The lowest BCUT2D eigenvalue weighted by Crippen LogP contribution is -2.22. The molecule has 0 aromatic carbocycles. The highest BCUT2D eigenvalue weighted by atomic mass is 32.2. The van der Waals surface area contributed by atoms with E-state index in [9.17, 15) is 9.00 Å². The van der Waals surface area contributed by atoms with E-state index in [-0.39, 0.29) is 17.6 Å². The number of hydrogen-bond donors (Lipinski definition) is 0. The van der Waals surface area contributed by atoms with Crippen molar-refractivity contribution in [3.63, 3.8) is 0 Å². The molecular weight excluding hydrogens is 212 g/mol. The molecule has 0 amide bonds. The molecule has 0 aliphatic rings. The molecule has 0 rings (SSSR count). The zero-order valence-electron chi connectivity index (χ0n) is 10.1. The van der Waals surface area contributed by atoms with Gasteiger partial charge in [-0.1, -0.05) is 27.2 Å². The monoisotopic (exact) mass is 234 g/mol. The molecule has 0 saturated carbocycles. The first kappa shape index (κ1) is 14.6. The highest BCUT2D eigenvalue weighted by Gasteiger charge is 2.17. The molecule has 0 radical (unpaired) electrons. The number of esters is 1. The minimum absolute atomic E-state index is 0.0990. The molecular formula is C11H22O3S. The topological polar surface area (TPSA) is 43.4 Å². The van der Waals surface area contributed by atoms with Crippen molar-refractivity contribution >= 4 is 16.8 Å². The first-order valence-electron chi connectivity index (χ1n) is 5.54. The maximum Gasteiger partial charge on any atom is 0.306 e. The first-order chi connectivity index (χ1) is 7.01. The van der Waals surface area contributed by atoms with Crippen LogP contribution in [0.3, 0.4) is 0 Å². The van der Waals surface area contributed by atoms with Gasteiger partial charge in [-0.15, -0.1) is 0 Å². The fourth-order valence-electron chi connectivity index (χ4n) is 1.11. The molecule has 15 heavy (non-hydrogen) atoms. The van der Waals surface area contributed by atoms with Crippen molar-refractivity contribution in [2.24, 2.45) is 5.92 Å². The standard InChI is InChI=1S/C11H22O3S/c1-5-9(3)8-15(13)10(4)7-11(12)14-6-2/h9-10H,5-8H2,1-4H3. The maximum atomic E-state index is 11.8. The summed E-state index contributed by atoms with van der Waals surface area (Å²) in [6, 6.07) is 0. The highest BCUT2D eigenvalue weighted by molar-refractivity contribution is 7.85. The lowest BCUT2D eigenvalue weighted by molar-refractivity contribution is -0.143. The van der Waals surface area contributed by atoms with Gasteiger partial charge in [0.25, 0.3) is 0 Å². The van der Waals surface area contributed by atoms with E-state index in [1.54, 1.807) is 6.92 Å². The summed E-state index contributed by atoms with van der Waals surface area (Å²) in [5, 5.41) is -0.0990. The number of ether oxygens (including phenoxy) is 1. The van der Waals surface area contributed by atoms with Crippen molar-refractivity contribution in [3.8, 4) is 0 Å². The van der Waals surface area contributed by atoms with E-state index in [1.807, 2.05) is 6.92 Å². The smallest absolute Gasteiger partial charge is 0.306 e. The second-order valence-corrected chi connectivity index (χ2v) is 5.78. The second-order valence-electron chi connectivity index (χ2n) is 3.88. The third-order valence-corrected chi connectivity index (χ3v) is 4.32. The summed E-state index contributed by atoms with van der Waals surface area (Å²) in [6.45, 7) is 8.17. The number of carbonyl (C=O) groups excluding carboxylic acids is 1. The summed E-state index contributed by atoms with van der Waals surface area (Å²) in [6.07, 6.45) is 1.29. The second kappa shape index (κ2) is 7.85. The van der Waals surface area contributed by atoms with Crippen LogP contribution in [0.2, 0.25) is 0 Å². The van der Waals surface area contributed by atoms with Gasteiger partial charge in [0.15, 0.2) is 0 Å². The molecule has 3 atom stereocenters. The third-order valence-electron chi connectivity index (χ3n) is 2.35. The maximum absolute atomic E-state index is 11.8. The van der Waals surface area contributed by atoms with Crippen LogP contribution in [0, 0.1) is 5.92 Å². The summed E-state index contributed by atoms with van der Waals surface area (Å²) in [7, 11) is -0.920. The number of rotatable bonds is 7. The average Bonchev–Trinajstić information content (AvgIpc) is 2.17. The third kappa shape index (κ3) is 6.66. The van der Waals surface area contributed by atoms with Crippen molar-refractivity contribution in [1.82, 2.24) is 0 Å². The Hall–Kier alpha value is -0.380. The molecule has 0 heterocycles. The van der Waals surface area contributed by atoms with Gasteiger partial charge in [-0.25, -0.2) is 0 Å². The molecule has 3 nitrogen and oxygen atoms in total. The zero-order valence-corrected chi connectivity index (χ0v) is 10.9. The van der Waals surface area contributed by atoms with Crippen LogP contribution in [0.4, 0.5) is 0 Å². The van der Waals surface area contributed by atoms with E-state index in [0.717, 1.165) is 6.42 Å². The predicted octanol–water partition coefficient (Wildman–Crippen LogP) is 2.12. The van der Waals surface area contributed by atoms with Gasteiger partial charge in [-0.05, 0) is 12.8 Å². The Morgan fingerprint density at radius 2 is 1.93 bits per heavy atom. The Morgan fingerprint density at radius 3 is 2.40 bits per heavy atom. The van der Waals surface area contributed by atoms with Gasteiger partial charge in [-0.2, -0.15) is 0 Å². The van der Waals surface area contributed by atoms with Gasteiger partial charge < -0.3 is 4.74 Å². The van der Waals surface area contributed by atoms with E-state index < -0.39 is 10.8 Å². The van der Waals surface area contributed by atoms with Crippen LogP contribution in [0.15, 0.2) is 0 Å². The summed E-state index contributed by atoms with van der Waals surface area (Å²) < 4.78 is 16.6. The highest BCUT2D eigenvalue weighted by Crippen LogP contribution is 2.09. The summed E-state index contributed by atoms with van der Waals surface area (Å²) in [5.41, 5.74) is 0. The minimum atomic E-state index is -0.920. The molecule has 0 fully saturated rings. The van der Waals surface area contributed by atoms with Crippen LogP contribution in [-0.4, -0.2) is 27.8 Å². The lowest BCUT2D eigenvalue weighted by atomic mass is 10.2. The largest absolute Gasteiger partial charge is 0.466 e. The number of carbonyl (C=O) groups is 1. The normalized spacial score (nSPS) is 16.8.